The zero-order chi connectivity index (χ0) is 8.53. The lowest BCUT2D eigenvalue weighted by Crippen LogP contribution is -2.23. The van der Waals surface area contributed by atoms with Gasteiger partial charge in [-0.1, -0.05) is 6.58 Å². The molecule has 0 fully saturated rings. The van der Waals surface area contributed by atoms with Crippen molar-refractivity contribution in [1.82, 2.24) is 5.32 Å². The summed E-state index contributed by atoms with van der Waals surface area (Å²) in [6, 6.07) is 0. The van der Waals surface area contributed by atoms with Crippen LogP contribution in [0.5, 0.6) is 0 Å². The Morgan fingerprint density at radius 3 is 2.91 bits per heavy atom. The lowest BCUT2D eigenvalue weighted by atomic mass is 10.6. The van der Waals surface area contributed by atoms with Crippen molar-refractivity contribution in [1.29, 1.82) is 0 Å². The van der Waals surface area contributed by atoms with Crippen LogP contribution < -0.4 is 11.1 Å². The van der Waals surface area contributed by atoms with E-state index in [9.17, 15) is 4.79 Å². The molecule has 0 spiro atoms. The number of carbonyl (C=O) groups is 1. The van der Waals surface area contributed by atoms with Gasteiger partial charge in [0.2, 0.25) is 5.91 Å². The van der Waals surface area contributed by atoms with E-state index in [1.165, 1.54) is 6.08 Å². The lowest BCUT2D eigenvalue weighted by Gasteiger charge is -2.00. The molecule has 0 radical (unpaired) electrons. The van der Waals surface area contributed by atoms with Gasteiger partial charge >= 0.3 is 0 Å². The lowest BCUT2D eigenvalue weighted by molar-refractivity contribution is -0.116. The first kappa shape index (κ1) is 10.5. The van der Waals surface area contributed by atoms with Gasteiger partial charge in [-0.2, -0.15) is 11.8 Å². The second-order valence-electron chi connectivity index (χ2n) is 1.90. The maximum absolute atomic E-state index is 10.6. The fraction of sp³-hybridized carbons (Fsp3) is 0.571. The van der Waals surface area contributed by atoms with Crippen LogP contribution in [0.4, 0.5) is 0 Å². The average molecular weight is 174 g/mol. The standard InChI is InChI=1S/C7H14N2OS/c1-2-7(10)9-4-6-11-5-3-8/h2H,1,3-6,8H2,(H,9,10). The van der Waals surface area contributed by atoms with Gasteiger partial charge < -0.3 is 11.1 Å². The van der Waals surface area contributed by atoms with E-state index < -0.39 is 0 Å². The van der Waals surface area contributed by atoms with Crippen LogP contribution in [0.25, 0.3) is 0 Å². The number of nitrogens with one attached hydrogen (secondary N) is 1. The molecular weight excluding hydrogens is 160 g/mol. The summed E-state index contributed by atoms with van der Waals surface area (Å²) in [7, 11) is 0. The number of rotatable bonds is 6. The molecule has 0 saturated heterocycles. The van der Waals surface area contributed by atoms with Crippen molar-refractivity contribution in [2.45, 2.75) is 0 Å². The molecule has 0 saturated carbocycles. The van der Waals surface area contributed by atoms with Crippen LogP contribution in [-0.2, 0) is 4.79 Å². The van der Waals surface area contributed by atoms with Crippen LogP contribution >= 0.6 is 11.8 Å². The minimum absolute atomic E-state index is 0.113. The Hall–Kier alpha value is -0.480. The summed E-state index contributed by atoms with van der Waals surface area (Å²) in [6.07, 6.45) is 1.27. The third-order valence-corrected chi connectivity index (χ3v) is 2.01. The Morgan fingerprint density at radius 2 is 2.36 bits per heavy atom. The van der Waals surface area contributed by atoms with Crippen LogP contribution in [-0.4, -0.2) is 30.5 Å². The van der Waals surface area contributed by atoms with E-state index in [-0.39, 0.29) is 5.91 Å². The van der Waals surface area contributed by atoms with Gasteiger partial charge in [0.1, 0.15) is 0 Å². The molecule has 0 atom stereocenters. The maximum Gasteiger partial charge on any atom is 0.243 e. The van der Waals surface area contributed by atoms with Crippen molar-refractivity contribution >= 4 is 17.7 Å². The molecule has 0 aromatic rings. The summed E-state index contributed by atoms with van der Waals surface area (Å²) >= 11 is 1.73. The average Bonchev–Trinajstić information content (AvgIpc) is 2.04. The van der Waals surface area contributed by atoms with E-state index in [1.807, 2.05) is 0 Å². The highest BCUT2D eigenvalue weighted by Gasteiger charge is 1.91. The molecule has 1 amide bonds. The first-order chi connectivity index (χ1) is 5.31. The number of hydrogen-bond donors (Lipinski definition) is 2. The highest BCUT2D eigenvalue weighted by molar-refractivity contribution is 7.99. The monoisotopic (exact) mass is 174 g/mol. The smallest absolute Gasteiger partial charge is 0.243 e. The summed E-state index contributed by atoms with van der Waals surface area (Å²) < 4.78 is 0. The number of thioether (sulfide) groups is 1. The molecule has 0 aromatic carbocycles. The molecule has 0 bridgehead atoms. The summed E-state index contributed by atoms with van der Waals surface area (Å²) in [6.45, 7) is 4.72. The summed E-state index contributed by atoms with van der Waals surface area (Å²) in [4.78, 5) is 10.6. The van der Waals surface area contributed by atoms with E-state index >= 15 is 0 Å². The van der Waals surface area contributed by atoms with Crippen molar-refractivity contribution in [2.24, 2.45) is 5.73 Å². The van der Waals surface area contributed by atoms with Crippen LogP contribution in [0.2, 0.25) is 0 Å². The van der Waals surface area contributed by atoms with Gasteiger partial charge in [-0.15, -0.1) is 0 Å². The predicted octanol–water partition coefficient (Wildman–Crippen LogP) is -0.0195. The molecule has 0 aliphatic rings. The van der Waals surface area contributed by atoms with Crippen LogP contribution in [0.15, 0.2) is 12.7 Å². The van der Waals surface area contributed by atoms with Crippen molar-refractivity contribution in [3.8, 4) is 0 Å². The molecule has 0 aliphatic carbocycles. The largest absolute Gasteiger partial charge is 0.352 e. The zero-order valence-electron chi connectivity index (χ0n) is 6.51. The van der Waals surface area contributed by atoms with Crippen molar-refractivity contribution < 1.29 is 4.79 Å². The fourth-order valence-corrected chi connectivity index (χ4v) is 1.12. The van der Waals surface area contributed by atoms with Gasteiger partial charge in [-0.25, -0.2) is 0 Å². The van der Waals surface area contributed by atoms with Crippen molar-refractivity contribution in [3.05, 3.63) is 12.7 Å². The third kappa shape index (κ3) is 7.42. The molecule has 0 aromatic heterocycles. The molecule has 11 heavy (non-hydrogen) atoms. The number of carbonyl (C=O) groups excluding carboxylic acids is 1. The van der Waals surface area contributed by atoms with E-state index in [4.69, 9.17) is 5.73 Å². The highest BCUT2D eigenvalue weighted by atomic mass is 32.2. The summed E-state index contributed by atoms with van der Waals surface area (Å²) in [5.41, 5.74) is 5.27. The topological polar surface area (TPSA) is 55.1 Å². The molecule has 0 heterocycles. The van der Waals surface area contributed by atoms with E-state index in [2.05, 4.69) is 11.9 Å². The molecule has 3 N–H and O–H groups in total. The van der Waals surface area contributed by atoms with Crippen LogP contribution in [0.3, 0.4) is 0 Å². The van der Waals surface area contributed by atoms with E-state index in [1.54, 1.807) is 11.8 Å². The van der Waals surface area contributed by atoms with Crippen LogP contribution in [0, 0.1) is 0 Å². The summed E-state index contributed by atoms with van der Waals surface area (Å²) in [5, 5.41) is 2.67. The third-order valence-electron chi connectivity index (χ3n) is 0.993. The van der Waals surface area contributed by atoms with E-state index in [0.29, 0.717) is 13.1 Å². The maximum atomic E-state index is 10.6. The first-order valence-electron chi connectivity index (χ1n) is 3.49. The first-order valence-corrected chi connectivity index (χ1v) is 4.64. The normalized spacial score (nSPS) is 9.18. The number of hydrogen-bond acceptors (Lipinski definition) is 3. The quantitative estimate of drug-likeness (QED) is 0.439. The Balaban J connectivity index is 3.01. The Kier molecular flexibility index (Phi) is 7.29. The molecule has 4 heteroatoms. The second-order valence-corrected chi connectivity index (χ2v) is 3.12. The molecular formula is C7H14N2OS. The van der Waals surface area contributed by atoms with Gasteiger partial charge in [0.05, 0.1) is 0 Å². The molecule has 3 nitrogen and oxygen atoms in total. The van der Waals surface area contributed by atoms with Gasteiger partial charge in [0.25, 0.3) is 0 Å². The highest BCUT2D eigenvalue weighted by Crippen LogP contribution is 1.94. The molecule has 0 aliphatic heterocycles. The Bertz CT molecular complexity index is 128. The minimum Gasteiger partial charge on any atom is -0.352 e. The fourth-order valence-electron chi connectivity index (χ4n) is 0.504. The number of amides is 1. The van der Waals surface area contributed by atoms with Crippen LogP contribution in [0.1, 0.15) is 0 Å². The van der Waals surface area contributed by atoms with Gasteiger partial charge in [0, 0.05) is 24.6 Å². The van der Waals surface area contributed by atoms with E-state index in [0.717, 1.165) is 11.5 Å². The summed E-state index contributed by atoms with van der Waals surface area (Å²) in [5.74, 6) is 1.75. The predicted molar refractivity (Wildman–Crippen MR) is 49.6 cm³/mol. The van der Waals surface area contributed by atoms with Gasteiger partial charge in [-0.3, -0.25) is 4.79 Å². The Morgan fingerprint density at radius 1 is 1.64 bits per heavy atom. The van der Waals surface area contributed by atoms with Crippen molar-refractivity contribution in [2.75, 3.05) is 24.6 Å². The van der Waals surface area contributed by atoms with Crippen molar-refractivity contribution in [3.63, 3.8) is 0 Å². The minimum atomic E-state index is -0.113. The van der Waals surface area contributed by atoms with Gasteiger partial charge in [-0.05, 0) is 6.08 Å². The second kappa shape index (κ2) is 7.63. The van der Waals surface area contributed by atoms with Gasteiger partial charge in [0.15, 0.2) is 0 Å². The zero-order valence-corrected chi connectivity index (χ0v) is 7.32. The molecule has 64 valence electrons. The molecule has 0 unspecified atom stereocenters. The molecule has 0 rings (SSSR count). The number of nitrogens with two attached hydrogens (primary N) is 1. The SMILES string of the molecule is C=CC(=O)NCCSCCN. The Labute approximate surface area is 71.4 Å².